The second-order valence-electron chi connectivity index (χ2n) is 6.80. The quantitative estimate of drug-likeness (QED) is 0.659. The average molecular weight is 349 g/mol. The minimum absolute atomic E-state index is 0.0207. The number of carbonyl (C=O) groups excluding carboxylic acids is 1. The van der Waals surface area contributed by atoms with Crippen LogP contribution in [0, 0.1) is 26.1 Å². The molecule has 1 N–H and O–H groups in total. The summed E-state index contributed by atoms with van der Waals surface area (Å²) in [6.45, 7) is 0.703. The normalized spacial score (nSPS) is 26.0. The van der Waals surface area contributed by atoms with E-state index in [1.54, 1.807) is 0 Å². The van der Waals surface area contributed by atoms with Crippen LogP contribution in [0.3, 0.4) is 0 Å². The van der Waals surface area contributed by atoms with Crippen molar-refractivity contribution in [2.75, 3.05) is 13.1 Å². The molecule has 0 aromatic heterocycles. The highest BCUT2D eigenvalue weighted by molar-refractivity contribution is 5.95. The number of hydrogen-bond acceptors (Lipinski definition) is 6. The van der Waals surface area contributed by atoms with Crippen LogP contribution in [-0.4, -0.2) is 44.5 Å². The number of non-ortho nitro benzene ring substituents is 2. The molecule has 1 aliphatic carbocycles. The summed E-state index contributed by atoms with van der Waals surface area (Å²) in [7, 11) is 0. The predicted molar refractivity (Wildman–Crippen MR) is 87.2 cm³/mol. The number of hydrogen-bond donors (Lipinski definition) is 1. The highest BCUT2D eigenvalue weighted by Gasteiger charge is 2.44. The molecule has 0 spiro atoms. The molecule has 9 heteroatoms. The van der Waals surface area contributed by atoms with E-state index in [1.165, 1.54) is 4.90 Å². The fourth-order valence-electron chi connectivity index (χ4n) is 3.87. The van der Waals surface area contributed by atoms with Crippen molar-refractivity contribution in [1.29, 1.82) is 0 Å². The summed E-state index contributed by atoms with van der Waals surface area (Å²) in [4.78, 5) is 34.7. The molecule has 1 aromatic rings. The van der Waals surface area contributed by atoms with Crippen LogP contribution in [0.2, 0.25) is 0 Å². The fourth-order valence-corrected chi connectivity index (χ4v) is 3.87. The van der Waals surface area contributed by atoms with Crippen LogP contribution >= 0.6 is 0 Å². The molecular weight excluding hydrogens is 330 g/mol. The summed E-state index contributed by atoms with van der Waals surface area (Å²) in [6, 6.07) is 2.97. The molecule has 0 radical (unpaired) electrons. The van der Waals surface area contributed by atoms with E-state index >= 15 is 0 Å². The number of piperidine rings is 1. The molecule has 1 heterocycles. The van der Waals surface area contributed by atoms with Crippen molar-refractivity contribution in [2.24, 2.45) is 5.92 Å². The van der Waals surface area contributed by atoms with Gasteiger partial charge in [-0.1, -0.05) is 12.8 Å². The maximum absolute atomic E-state index is 12.7. The van der Waals surface area contributed by atoms with Crippen molar-refractivity contribution in [3.05, 3.63) is 44.0 Å². The lowest BCUT2D eigenvalue weighted by atomic mass is 9.71. The number of carbonyl (C=O) groups is 1. The van der Waals surface area contributed by atoms with Crippen molar-refractivity contribution in [1.82, 2.24) is 4.90 Å². The SMILES string of the molecule is O=C(c1cc([N+](=O)[O-])cc([N+](=O)[O-])c1)N1CCC2(O)CCCCC2C1. The first-order valence-corrected chi connectivity index (χ1v) is 8.26. The van der Waals surface area contributed by atoms with E-state index in [9.17, 15) is 30.1 Å². The third kappa shape index (κ3) is 3.32. The minimum atomic E-state index is -0.750. The van der Waals surface area contributed by atoms with Crippen LogP contribution in [0.1, 0.15) is 42.5 Å². The Labute approximate surface area is 143 Å². The first-order valence-electron chi connectivity index (χ1n) is 8.26. The van der Waals surface area contributed by atoms with Gasteiger partial charge in [0.05, 0.1) is 27.1 Å². The lowest BCUT2D eigenvalue weighted by Crippen LogP contribution is -2.54. The zero-order valence-corrected chi connectivity index (χ0v) is 13.6. The third-order valence-corrected chi connectivity index (χ3v) is 5.29. The van der Waals surface area contributed by atoms with Crippen LogP contribution in [-0.2, 0) is 0 Å². The van der Waals surface area contributed by atoms with Gasteiger partial charge in [-0.05, 0) is 19.3 Å². The van der Waals surface area contributed by atoms with Crippen LogP contribution in [0.25, 0.3) is 0 Å². The third-order valence-electron chi connectivity index (χ3n) is 5.29. The minimum Gasteiger partial charge on any atom is -0.389 e. The van der Waals surface area contributed by atoms with Crippen molar-refractivity contribution < 1.29 is 19.7 Å². The molecule has 25 heavy (non-hydrogen) atoms. The summed E-state index contributed by atoms with van der Waals surface area (Å²) in [5.41, 5.74) is -1.78. The molecule has 1 aromatic carbocycles. The van der Waals surface area contributed by atoms with Gasteiger partial charge in [0.15, 0.2) is 0 Å². The molecule has 9 nitrogen and oxygen atoms in total. The zero-order chi connectivity index (χ0) is 18.2. The number of likely N-dealkylation sites (tertiary alicyclic amines) is 1. The predicted octanol–water partition coefficient (Wildman–Crippen LogP) is 2.27. The van der Waals surface area contributed by atoms with Gasteiger partial charge in [-0.25, -0.2) is 0 Å². The van der Waals surface area contributed by atoms with Crippen molar-refractivity contribution in [3.8, 4) is 0 Å². The number of nitrogens with zero attached hydrogens (tertiary/aromatic N) is 3. The molecule has 2 aliphatic rings. The summed E-state index contributed by atoms with van der Waals surface area (Å²) in [6.07, 6.45) is 3.98. The van der Waals surface area contributed by atoms with Gasteiger partial charge in [0.2, 0.25) is 0 Å². The number of rotatable bonds is 3. The second-order valence-corrected chi connectivity index (χ2v) is 6.80. The highest BCUT2D eigenvalue weighted by atomic mass is 16.6. The number of amides is 1. The summed E-state index contributed by atoms with van der Waals surface area (Å²) < 4.78 is 0. The van der Waals surface area contributed by atoms with E-state index in [2.05, 4.69) is 0 Å². The smallest absolute Gasteiger partial charge is 0.277 e. The average Bonchev–Trinajstić information content (AvgIpc) is 2.59. The lowest BCUT2D eigenvalue weighted by molar-refractivity contribution is -0.394. The number of aliphatic hydroxyl groups is 1. The van der Waals surface area contributed by atoms with Gasteiger partial charge in [-0.15, -0.1) is 0 Å². The molecule has 3 rings (SSSR count). The molecule has 1 amide bonds. The van der Waals surface area contributed by atoms with E-state index < -0.39 is 32.7 Å². The largest absolute Gasteiger partial charge is 0.389 e. The maximum Gasteiger partial charge on any atom is 0.277 e. The van der Waals surface area contributed by atoms with Gasteiger partial charge >= 0.3 is 0 Å². The highest BCUT2D eigenvalue weighted by Crippen LogP contribution is 2.40. The van der Waals surface area contributed by atoms with Gasteiger partial charge in [0.25, 0.3) is 17.3 Å². The van der Waals surface area contributed by atoms with E-state index in [0.29, 0.717) is 19.5 Å². The van der Waals surface area contributed by atoms with Crippen LogP contribution < -0.4 is 0 Å². The second kappa shape index (κ2) is 6.40. The van der Waals surface area contributed by atoms with Gasteiger partial charge in [-0.3, -0.25) is 25.0 Å². The van der Waals surface area contributed by atoms with E-state index in [4.69, 9.17) is 0 Å². The molecular formula is C16H19N3O6. The van der Waals surface area contributed by atoms with Gasteiger partial charge in [-0.2, -0.15) is 0 Å². The first kappa shape index (κ1) is 17.3. The van der Waals surface area contributed by atoms with Crippen molar-refractivity contribution >= 4 is 17.3 Å². The topological polar surface area (TPSA) is 127 Å². The summed E-state index contributed by atoms with van der Waals surface area (Å²) in [5, 5.41) is 32.6. The maximum atomic E-state index is 12.7. The Morgan fingerprint density at radius 2 is 1.76 bits per heavy atom. The van der Waals surface area contributed by atoms with E-state index in [0.717, 1.165) is 43.9 Å². The van der Waals surface area contributed by atoms with Gasteiger partial charge in [0.1, 0.15) is 0 Å². The molecule has 0 bridgehead atoms. The van der Waals surface area contributed by atoms with Crippen molar-refractivity contribution in [3.63, 3.8) is 0 Å². The van der Waals surface area contributed by atoms with Crippen LogP contribution in [0.15, 0.2) is 18.2 Å². The summed E-state index contributed by atoms with van der Waals surface area (Å²) >= 11 is 0. The van der Waals surface area contributed by atoms with E-state index in [-0.39, 0.29) is 11.5 Å². The standard InChI is InChI=1S/C16H19N3O6/c20-15(11-7-13(18(22)23)9-14(8-11)19(24)25)17-6-5-16(21)4-2-1-3-12(16)10-17/h7-9,12,21H,1-6,10H2. The molecule has 1 saturated carbocycles. The number of nitro benzene ring substituents is 2. The van der Waals surface area contributed by atoms with Crippen LogP contribution in [0.4, 0.5) is 11.4 Å². The first-order chi connectivity index (χ1) is 11.8. The fraction of sp³-hybridized carbons (Fsp3) is 0.562. The lowest BCUT2D eigenvalue weighted by Gasteiger charge is -2.47. The molecule has 134 valence electrons. The Kier molecular flexibility index (Phi) is 4.42. The van der Waals surface area contributed by atoms with Gasteiger partial charge in [0, 0.05) is 31.1 Å². The Balaban J connectivity index is 1.86. The number of nitro groups is 2. The Morgan fingerprint density at radius 1 is 1.12 bits per heavy atom. The zero-order valence-electron chi connectivity index (χ0n) is 13.6. The molecule has 1 saturated heterocycles. The summed E-state index contributed by atoms with van der Waals surface area (Å²) in [5.74, 6) is -0.493. The van der Waals surface area contributed by atoms with Crippen molar-refractivity contribution in [2.45, 2.75) is 37.7 Å². The monoisotopic (exact) mass is 349 g/mol. The number of fused-ring (bicyclic) bond motifs is 1. The Bertz CT molecular complexity index is 704. The van der Waals surface area contributed by atoms with E-state index in [1.807, 2.05) is 0 Å². The molecule has 1 aliphatic heterocycles. The molecule has 2 atom stereocenters. The Morgan fingerprint density at radius 3 is 2.36 bits per heavy atom. The van der Waals surface area contributed by atoms with Crippen LogP contribution in [0.5, 0.6) is 0 Å². The Hall–Kier alpha value is -2.55. The molecule has 2 fully saturated rings. The number of benzene rings is 1. The van der Waals surface area contributed by atoms with Gasteiger partial charge < -0.3 is 10.0 Å². The molecule has 2 unspecified atom stereocenters.